The van der Waals surface area contributed by atoms with Gasteiger partial charge in [-0.2, -0.15) is 5.10 Å². The number of amides is 1. The van der Waals surface area contributed by atoms with E-state index >= 15 is 0 Å². The summed E-state index contributed by atoms with van der Waals surface area (Å²) in [6.07, 6.45) is 9.30. The van der Waals surface area contributed by atoms with Gasteiger partial charge in [0.25, 0.3) is 5.91 Å². The smallest absolute Gasteiger partial charge is 0.257 e. The van der Waals surface area contributed by atoms with E-state index in [1.54, 1.807) is 6.20 Å². The number of carbonyl (C=O) groups is 1. The first-order valence-electron chi connectivity index (χ1n) is 7.08. The van der Waals surface area contributed by atoms with Crippen LogP contribution in [-0.2, 0) is 0 Å². The van der Waals surface area contributed by atoms with E-state index < -0.39 is 0 Å². The first-order valence-corrected chi connectivity index (χ1v) is 7.08. The normalized spacial score (nSPS) is 24.9. The van der Waals surface area contributed by atoms with Crippen molar-refractivity contribution in [1.82, 2.24) is 15.1 Å². The van der Waals surface area contributed by atoms with E-state index in [1.807, 2.05) is 6.92 Å². The second kappa shape index (κ2) is 4.75. The molecule has 18 heavy (non-hydrogen) atoms. The van der Waals surface area contributed by atoms with Gasteiger partial charge in [0.2, 0.25) is 0 Å². The molecule has 4 heteroatoms. The van der Waals surface area contributed by atoms with Crippen LogP contribution in [0.15, 0.2) is 6.20 Å². The molecule has 2 heterocycles. The lowest BCUT2D eigenvalue weighted by molar-refractivity contribution is 0.0688. The van der Waals surface area contributed by atoms with E-state index in [2.05, 4.69) is 15.1 Å². The zero-order valence-electron chi connectivity index (χ0n) is 11.0. The minimum atomic E-state index is 0.177. The molecule has 1 aliphatic carbocycles. The van der Waals surface area contributed by atoms with Crippen molar-refractivity contribution in [1.29, 1.82) is 0 Å². The summed E-state index contributed by atoms with van der Waals surface area (Å²) in [4.78, 5) is 14.7. The molecule has 1 amide bonds. The Morgan fingerprint density at radius 2 is 2.11 bits per heavy atom. The molecule has 1 N–H and O–H groups in total. The molecule has 1 aromatic heterocycles. The summed E-state index contributed by atoms with van der Waals surface area (Å²) in [6.45, 7) is 2.84. The van der Waals surface area contributed by atoms with E-state index in [9.17, 15) is 4.79 Å². The van der Waals surface area contributed by atoms with Crippen molar-refractivity contribution in [3.05, 3.63) is 17.5 Å². The van der Waals surface area contributed by atoms with Gasteiger partial charge in [-0.05, 0) is 38.5 Å². The number of likely N-dealkylation sites (tertiary alicyclic amines) is 1. The summed E-state index contributed by atoms with van der Waals surface area (Å²) < 4.78 is 0. The van der Waals surface area contributed by atoms with Crippen LogP contribution in [-0.4, -0.2) is 33.6 Å². The van der Waals surface area contributed by atoms with Crippen molar-refractivity contribution < 1.29 is 4.79 Å². The third kappa shape index (κ3) is 1.93. The number of hydrogen-bond donors (Lipinski definition) is 1. The SMILES string of the molecule is Cc1[nH]ncc1C(=O)N1CCCC1C1CCCC1. The van der Waals surface area contributed by atoms with Crippen LogP contribution < -0.4 is 0 Å². The molecule has 1 atom stereocenters. The van der Waals surface area contributed by atoms with E-state index in [0.717, 1.165) is 30.1 Å². The van der Waals surface area contributed by atoms with Crippen LogP contribution in [0, 0.1) is 12.8 Å². The molecule has 0 aromatic carbocycles. The Kier molecular flexibility index (Phi) is 3.10. The van der Waals surface area contributed by atoms with Crippen LogP contribution in [0.5, 0.6) is 0 Å². The third-order valence-electron chi connectivity index (χ3n) is 4.56. The van der Waals surface area contributed by atoms with Crippen molar-refractivity contribution >= 4 is 5.91 Å². The first kappa shape index (κ1) is 11.8. The van der Waals surface area contributed by atoms with Crippen molar-refractivity contribution in [2.24, 2.45) is 5.92 Å². The Balaban J connectivity index is 1.78. The molecule has 1 unspecified atom stereocenters. The molecule has 2 aliphatic rings. The molecule has 98 valence electrons. The Labute approximate surface area is 108 Å². The fourth-order valence-corrected chi connectivity index (χ4v) is 3.60. The summed E-state index contributed by atoms with van der Waals surface area (Å²) in [5, 5.41) is 6.82. The third-order valence-corrected chi connectivity index (χ3v) is 4.56. The van der Waals surface area contributed by atoms with Crippen molar-refractivity contribution in [3.63, 3.8) is 0 Å². The summed E-state index contributed by atoms with van der Waals surface area (Å²) in [6, 6.07) is 0.481. The second-order valence-corrected chi connectivity index (χ2v) is 5.66. The van der Waals surface area contributed by atoms with Gasteiger partial charge in [-0.25, -0.2) is 0 Å². The highest BCUT2D eigenvalue weighted by Crippen LogP contribution is 2.36. The Hall–Kier alpha value is -1.32. The maximum atomic E-state index is 12.6. The van der Waals surface area contributed by atoms with Gasteiger partial charge in [0.05, 0.1) is 11.8 Å². The molecule has 2 fully saturated rings. The standard InChI is InChI=1S/C14H21N3O/c1-10-12(9-15-16-10)14(18)17-8-4-7-13(17)11-5-2-3-6-11/h9,11,13H,2-8H2,1H3,(H,15,16). The van der Waals surface area contributed by atoms with Crippen molar-refractivity contribution in [2.75, 3.05) is 6.54 Å². The largest absolute Gasteiger partial charge is 0.335 e. The Bertz CT molecular complexity index is 434. The van der Waals surface area contributed by atoms with Crippen LogP contribution in [0.25, 0.3) is 0 Å². The van der Waals surface area contributed by atoms with Gasteiger partial charge in [-0.1, -0.05) is 12.8 Å². The summed E-state index contributed by atoms with van der Waals surface area (Å²) in [5.41, 5.74) is 1.64. The molecular formula is C14H21N3O. The number of hydrogen-bond acceptors (Lipinski definition) is 2. The topological polar surface area (TPSA) is 49.0 Å². The number of nitrogens with one attached hydrogen (secondary N) is 1. The van der Waals surface area contributed by atoms with E-state index in [0.29, 0.717) is 6.04 Å². The molecule has 1 aromatic rings. The highest BCUT2D eigenvalue weighted by molar-refractivity contribution is 5.95. The van der Waals surface area contributed by atoms with Crippen LogP contribution in [0.3, 0.4) is 0 Å². The van der Waals surface area contributed by atoms with Crippen LogP contribution >= 0.6 is 0 Å². The van der Waals surface area contributed by atoms with E-state index in [4.69, 9.17) is 0 Å². The lowest BCUT2D eigenvalue weighted by Crippen LogP contribution is -2.39. The molecule has 0 spiro atoms. The summed E-state index contributed by atoms with van der Waals surface area (Å²) >= 11 is 0. The van der Waals surface area contributed by atoms with Crippen molar-refractivity contribution in [3.8, 4) is 0 Å². The van der Waals surface area contributed by atoms with Gasteiger partial charge in [0.1, 0.15) is 0 Å². The molecule has 1 aliphatic heterocycles. The Morgan fingerprint density at radius 3 is 2.78 bits per heavy atom. The number of nitrogens with zero attached hydrogens (tertiary/aromatic N) is 2. The molecule has 0 bridgehead atoms. The molecular weight excluding hydrogens is 226 g/mol. The number of H-pyrrole nitrogens is 1. The molecule has 0 radical (unpaired) electrons. The average Bonchev–Trinajstić information content (AvgIpc) is 3.09. The lowest BCUT2D eigenvalue weighted by Gasteiger charge is -2.29. The predicted molar refractivity (Wildman–Crippen MR) is 69.3 cm³/mol. The zero-order chi connectivity index (χ0) is 12.5. The molecule has 1 saturated heterocycles. The van der Waals surface area contributed by atoms with E-state index in [1.165, 1.54) is 32.1 Å². The van der Waals surface area contributed by atoms with Gasteiger partial charge >= 0.3 is 0 Å². The number of rotatable bonds is 2. The molecule has 4 nitrogen and oxygen atoms in total. The average molecular weight is 247 g/mol. The van der Waals surface area contributed by atoms with Crippen LogP contribution in [0.4, 0.5) is 0 Å². The van der Waals surface area contributed by atoms with Gasteiger partial charge in [0.15, 0.2) is 0 Å². The Morgan fingerprint density at radius 1 is 1.33 bits per heavy atom. The predicted octanol–water partition coefficient (Wildman–Crippen LogP) is 2.51. The first-order chi connectivity index (χ1) is 8.77. The van der Waals surface area contributed by atoms with Gasteiger partial charge < -0.3 is 4.90 Å². The number of aryl methyl sites for hydroxylation is 1. The monoisotopic (exact) mass is 247 g/mol. The number of carbonyl (C=O) groups excluding carboxylic acids is 1. The second-order valence-electron chi connectivity index (χ2n) is 5.66. The summed E-state index contributed by atoms with van der Waals surface area (Å²) in [5.74, 6) is 0.916. The quantitative estimate of drug-likeness (QED) is 0.873. The highest BCUT2D eigenvalue weighted by atomic mass is 16.2. The molecule has 3 rings (SSSR count). The van der Waals surface area contributed by atoms with Gasteiger partial charge in [0, 0.05) is 18.3 Å². The van der Waals surface area contributed by atoms with E-state index in [-0.39, 0.29) is 5.91 Å². The van der Waals surface area contributed by atoms with Crippen molar-refractivity contribution in [2.45, 2.75) is 51.5 Å². The molecule has 1 saturated carbocycles. The number of aromatic amines is 1. The summed E-state index contributed by atoms with van der Waals surface area (Å²) in [7, 11) is 0. The maximum Gasteiger partial charge on any atom is 0.257 e. The van der Waals surface area contributed by atoms with Gasteiger partial charge in [-0.15, -0.1) is 0 Å². The lowest BCUT2D eigenvalue weighted by atomic mass is 9.95. The maximum absolute atomic E-state index is 12.6. The fraction of sp³-hybridized carbons (Fsp3) is 0.714. The minimum absolute atomic E-state index is 0.177. The van der Waals surface area contributed by atoms with Crippen LogP contribution in [0.1, 0.15) is 54.6 Å². The van der Waals surface area contributed by atoms with Gasteiger partial charge in [-0.3, -0.25) is 9.89 Å². The number of aromatic nitrogens is 2. The zero-order valence-corrected chi connectivity index (χ0v) is 11.0. The fourth-order valence-electron chi connectivity index (χ4n) is 3.60. The minimum Gasteiger partial charge on any atom is -0.335 e. The highest BCUT2D eigenvalue weighted by Gasteiger charge is 2.36. The van der Waals surface area contributed by atoms with Crippen LogP contribution in [0.2, 0.25) is 0 Å².